The molecule has 2 aliphatic rings. The van der Waals surface area contributed by atoms with Gasteiger partial charge in [0.05, 0.1) is 6.10 Å². The van der Waals surface area contributed by atoms with Crippen molar-refractivity contribution in [2.75, 3.05) is 25.5 Å². The van der Waals surface area contributed by atoms with Gasteiger partial charge in [0.25, 0.3) is 0 Å². The highest BCUT2D eigenvalue weighted by atomic mass is 19.1. The molecule has 2 amide bonds. The van der Waals surface area contributed by atoms with Crippen molar-refractivity contribution < 1.29 is 18.7 Å². The average molecular weight is 335 g/mol. The third kappa shape index (κ3) is 3.57. The van der Waals surface area contributed by atoms with Gasteiger partial charge in [0.15, 0.2) is 0 Å². The highest BCUT2D eigenvalue weighted by molar-refractivity contribution is 6.01. The van der Waals surface area contributed by atoms with E-state index in [1.165, 1.54) is 6.07 Å². The smallest absolute Gasteiger partial charge is 0.249 e. The molecule has 2 heterocycles. The quantitative estimate of drug-likeness (QED) is 0.719. The van der Waals surface area contributed by atoms with Crippen LogP contribution in [-0.4, -0.2) is 44.2 Å². The number of benzene rings is 1. The molecule has 1 aromatic carbocycles. The van der Waals surface area contributed by atoms with E-state index in [1.54, 1.807) is 19.2 Å². The lowest BCUT2D eigenvalue weighted by Crippen LogP contribution is -2.47. The van der Waals surface area contributed by atoms with Gasteiger partial charge in [0, 0.05) is 31.7 Å². The lowest BCUT2D eigenvalue weighted by Gasteiger charge is -2.31. The van der Waals surface area contributed by atoms with E-state index >= 15 is 0 Å². The molecule has 0 unspecified atom stereocenters. The van der Waals surface area contributed by atoms with Crippen LogP contribution in [0.4, 0.5) is 10.1 Å². The van der Waals surface area contributed by atoms with Crippen LogP contribution in [0.3, 0.4) is 0 Å². The summed E-state index contributed by atoms with van der Waals surface area (Å²) >= 11 is 0. The van der Waals surface area contributed by atoms with Crippen LogP contribution in [0.25, 0.3) is 0 Å². The van der Waals surface area contributed by atoms with Crippen molar-refractivity contribution >= 4 is 17.5 Å². The van der Waals surface area contributed by atoms with Crippen molar-refractivity contribution in [1.82, 2.24) is 10.6 Å². The summed E-state index contributed by atoms with van der Waals surface area (Å²) in [5.74, 6) is -0.924. The van der Waals surface area contributed by atoms with Gasteiger partial charge in [-0.2, -0.15) is 0 Å². The Morgan fingerprint density at radius 2 is 2.12 bits per heavy atom. The van der Waals surface area contributed by atoms with Crippen LogP contribution in [0.15, 0.2) is 18.2 Å². The Morgan fingerprint density at radius 1 is 1.29 bits per heavy atom. The summed E-state index contributed by atoms with van der Waals surface area (Å²) in [5.41, 5.74) is 1.17. The van der Waals surface area contributed by atoms with Gasteiger partial charge in [-0.3, -0.25) is 14.9 Å². The van der Waals surface area contributed by atoms with Crippen molar-refractivity contribution in [3.05, 3.63) is 29.6 Å². The van der Waals surface area contributed by atoms with Crippen LogP contribution in [0.1, 0.15) is 30.7 Å². The van der Waals surface area contributed by atoms with Gasteiger partial charge in [-0.05, 0) is 37.1 Å². The molecule has 0 spiro atoms. The first-order valence-electron chi connectivity index (χ1n) is 8.21. The molecule has 0 saturated carbocycles. The lowest BCUT2D eigenvalue weighted by atomic mass is 9.87. The topological polar surface area (TPSA) is 79.5 Å². The normalized spacial score (nSPS) is 27.7. The molecule has 6 nitrogen and oxygen atoms in total. The van der Waals surface area contributed by atoms with Crippen LogP contribution >= 0.6 is 0 Å². The summed E-state index contributed by atoms with van der Waals surface area (Å²) in [7, 11) is 1.64. The van der Waals surface area contributed by atoms with Crippen molar-refractivity contribution in [3.8, 4) is 0 Å². The number of methoxy groups -OCH3 is 1. The zero-order chi connectivity index (χ0) is 17.1. The number of halogens is 1. The highest BCUT2D eigenvalue weighted by Gasteiger charge is 2.29. The molecule has 2 fully saturated rings. The fourth-order valence-electron chi connectivity index (χ4n) is 3.38. The number of hydrogen-bond acceptors (Lipinski definition) is 5. The minimum atomic E-state index is -0.515. The number of ether oxygens (including phenoxy) is 1. The Labute approximate surface area is 140 Å². The van der Waals surface area contributed by atoms with Gasteiger partial charge in [-0.1, -0.05) is 6.07 Å². The van der Waals surface area contributed by atoms with Crippen molar-refractivity contribution in [3.63, 3.8) is 0 Å². The fraction of sp³-hybridized carbons (Fsp3) is 0.529. The standard InChI is InChI=1S/C17H22FN3O3/c1-24-15-9-19-7-6-12(15)11-3-2-10(8-13(11)18)20-14-4-5-16(22)21-17(14)23/h2-3,8,12,14-15,19-20H,4-7,9H2,1H3,(H,21,22,23)/t12-,14-,15+/m0/s1. The molecule has 24 heavy (non-hydrogen) atoms. The van der Waals surface area contributed by atoms with Gasteiger partial charge >= 0.3 is 0 Å². The summed E-state index contributed by atoms with van der Waals surface area (Å²) in [4.78, 5) is 22.9. The van der Waals surface area contributed by atoms with Gasteiger partial charge in [-0.15, -0.1) is 0 Å². The predicted octanol–water partition coefficient (Wildman–Crippen LogP) is 1.13. The Hall–Kier alpha value is -1.99. The van der Waals surface area contributed by atoms with Crippen LogP contribution in [0.2, 0.25) is 0 Å². The summed E-state index contributed by atoms with van der Waals surface area (Å²) in [6, 6.07) is 4.43. The Morgan fingerprint density at radius 3 is 2.83 bits per heavy atom. The molecule has 0 aromatic heterocycles. The second-order valence-corrected chi connectivity index (χ2v) is 6.26. The Bertz CT molecular complexity index is 638. The number of nitrogens with one attached hydrogen (secondary N) is 3. The summed E-state index contributed by atoms with van der Waals surface area (Å²) in [6.07, 6.45) is 1.46. The zero-order valence-electron chi connectivity index (χ0n) is 13.6. The van der Waals surface area contributed by atoms with E-state index in [9.17, 15) is 14.0 Å². The summed E-state index contributed by atoms with van der Waals surface area (Å²) in [5, 5.41) is 8.53. The highest BCUT2D eigenvalue weighted by Crippen LogP contribution is 2.31. The third-order valence-electron chi connectivity index (χ3n) is 4.71. The van der Waals surface area contributed by atoms with Crippen LogP contribution < -0.4 is 16.0 Å². The maximum atomic E-state index is 14.6. The van der Waals surface area contributed by atoms with E-state index in [-0.39, 0.29) is 36.1 Å². The number of piperidine rings is 2. The van der Waals surface area contributed by atoms with Crippen LogP contribution in [0, 0.1) is 5.82 Å². The maximum Gasteiger partial charge on any atom is 0.249 e. The molecule has 7 heteroatoms. The van der Waals surface area contributed by atoms with Crippen molar-refractivity contribution in [2.24, 2.45) is 0 Å². The SMILES string of the molecule is CO[C@@H]1CNCC[C@H]1c1ccc(N[C@H]2CCC(=O)NC2=O)cc1F. The van der Waals surface area contributed by atoms with E-state index in [0.717, 1.165) is 13.0 Å². The number of anilines is 1. The molecule has 3 rings (SSSR count). The Balaban J connectivity index is 1.72. The Kier molecular flexibility index (Phi) is 5.11. The summed E-state index contributed by atoms with van der Waals surface area (Å²) in [6.45, 7) is 1.54. The largest absolute Gasteiger partial charge is 0.379 e. The van der Waals surface area contributed by atoms with Gasteiger partial charge in [-0.25, -0.2) is 4.39 Å². The van der Waals surface area contributed by atoms with E-state index in [4.69, 9.17) is 4.74 Å². The van der Waals surface area contributed by atoms with Crippen LogP contribution in [-0.2, 0) is 14.3 Å². The number of imide groups is 1. The number of carbonyl (C=O) groups excluding carboxylic acids is 2. The van der Waals surface area contributed by atoms with E-state index in [0.29, 0.717) is 24.2 Å². The lowest BCUT2D eigenvalue weighted by molar-refractivity contribution is -0.133. The first-order valence-corrected chi connectivity index (χ1v) is 8.21. The zero-order valence-corrected chi connectivity index (χ0v) is 13.6. The monoisotopic (exact) mass is 335 g/mol. The molecule has 0 bridgehead atoms. The molecule has 3 N–H and O–H groups in total. The molecular weight excluding hydrogens is 313 g/mol. The van der Waals surface area contributed by atoms with Crippen molar-refractivity contribution in [1.29, 1.82) is 0 Å². The predicted molar refractivity (Wildman–Crippen MR) is 87.2 cm³/mol. The first-order chi connectivity index (χ1) is 11.6. The number of carbonyl (C=O) groups is 2. The summed E-state index contributed by atoms with van der Waals surface area (Å²) < 4.78 is 20.0. The molecule has 0 aliphatic carbocycles. The van der Waals surface area contributed by atoms with Gasteiger partial charge in [0.1, 0.15) is 11.9 Å². The molecule has 1 aromatic rings. The average Bonchev–Trinajstić information content (AvgIpc) is 2.58. The minimum absolute atomic E-state index is 0.0147. The third-order valence-corrected chi connectivity index (χ3v) is 4.71. The molecule has 0 radical (unpaired) electrons. The van der Waals surface area contributed by atoms with Gasteiger partial charge < -0.3 is 15.4 Å². The van der Waals surface area contributed by atoms with E-state index in [2.05, 4.69) is 16.0 Å². The van der Waals surface area contributed by atoms with Gasteiger partial charge in [0.2, 0.25) is 11.8 Å². The molecule has 2 aliphatic heterocycles. The van der Waals surface area contributed by atoms with Crippen LogP contribution in [0.5, 0.6) is 0 Å². The minimum Gasteiger partial charge on any atom is -0.379 e. The first kappa shape index (κ1) is 16.9. The molecular formula is C17H22FN3O3. The number of rotatable bonds is 4. The van der Waals surface area contributed by atoms with E-state index in [1.807, 2.05) is 0 Å². The second-order valence-electron chi connectivity index (χ2n) is 6.26. The maximum absolute atomic E-state index is 14.6. The fourth-order valence-corrected chi connectivity index (χ4v) is 3.38. The molecule has 3 atom stereocenters. The molecule has 2 saturated heterocycles. The second kappa shape index (κ2) is 7.27. The molecule has 130 valence electrons. The van der Waals surface area contributed by atoms with E-state index < -0.39 is 6.04 Å². The van der Waals surface area contributed by atoms with Crippen molar-refractivity contribution in [2.45, 2.75) is 37.3 Å². The number of amides is 2. The number of hydrogen-bond donors (Lipinski definition) is 3.